The molecule has 1 aromatic rings. The number of aliphatic hydroxyl groups is 1. The molecule has 0 saturated heterocycles. The Bertz CT molecular complexity index is 363. The number of methoxy groups -OCH3 is 2. The van der Waals surface area contributed by atoms with Crippen LogP contribution in [0.5, 0.6) is 11.5 Å². The van der Waals surface area contributed by atoms with Crippen LogP contribution in [0.4, 0.5) is 0 Å². The SMILES string of the molecule is COc1cc(OC)c(CC(N)CO)cc1Br.Cl. The van der Waals surface area contributed by atoms with E-state index in [4.69, 9.17) is 20.3 Å². The van der Waals surface area contributed by atoms with Gasteiger partial charge in [-0.3, -0.25) is 0 Å². The van der Waals surface area contributed by atoms with E-state index in [0.717, 1.165) is 10.0 Å². The summed E-state index contributed by atoms with van der Waals surface area (Å²) in [5.41, 5.74) is 6.64. The molecule has 1 rings (SSSR count). The predicted molar refractivity (Wildman–Crippen MR) is 73.3 cm³/mol. The van der Waals surface area contributed by atoms with Crippen molar-refractivity contribution in [2.24, 2.45) is 5.73 Å². The summed E-state index contributed by atoms with van der Waals surface area (Å²) in [5, 5.41) is 8.93. The summed E-state index contributed by atoms with van der Waals surface area (Å²) in [6, 6.07) is 3.41. The molecular weight excluding hydrogens is 309 g/mol. The van der Waals surface area contributed by atoms with Gasteiger partial charge in [-0.1, -0.05) is 0 Å². The normalized spacial score (nSPS) is 11.6. The van der Waals surface area contributed by atoms with E-state index in [1.54, 1.807) is 20.3 Å². The highest BCUT2D eigenvalue weighted by Crippen LogP contribution is 2.33. The molecule has 0 bridgehead atoms. The Morgan fingerprint density at radius 3 is 2.35 bits per heavy atom. The molecule has 0 aliphatic heterocycles. The number of rotatable bonds is 5. The van der Waals surface area contributed by atoms with Crippen LogP contribution < -0.4 is 15.2 Å². The van der Waals surface area contributed by atoms with Gasteiger partial charge in [-0.15, -0.1) is 12.4 Å². The van der Waals surface area contributed by atoms with Crippen LogP contribution in [0.3, 0.4) is 0 Å². The summed E-state index contributed by atoms with van der Waals surface area (Å²) in [5.74, 6) is 1.42. The second-order valence-electron chi connectivity index (χ2n) is 3.45. The minimum atomic E-state index is -0.283. The third kappa shape index (κ3) is 4.35. The monoisotopic (exact) mass is 325 g/mol. The topological polar surface area (TPSA) is 64.7 Å². The highest BCUT2D eigenvalue weighted by atomic mass is 79.9. The second-order valence-corrected chi connectivity index (χ2v) is 4.30. The molecule has 4 nitrogen and oxygen atoms in total. The van der Waals surface area contributed by atoms with Crippen LogP contribution in [0.2, 0.25) is 0 Å². The lowest BCUT2D eigenvalue weighted by molar-refractivity contribution is 0.264. The van der Waals surface area contributed by atoms with E-state index in [1.165, 1.54) is 0 Å². The van der Waals surface area contributed by atoms with Crippen molar-refractivity contribution in [3.63, 3.8) is 0 Å². The highest BCUT2D eigenvalue weighted by Gasteiger charge is 2.12. The number of benzene rings is 1. The average Bonchev–Trinajstić information content (AvgIpc) is 2.29. The fraction of sp³-hybridized carbons (Fsp3) is 0.455. The van der Waals surface area contributed by atoms with E-state index in [2.05, 4.69) is 15.9 Å². The highest BCUT2D eigenvalue weighted by molar-refractivity contribution is 9.10. The van der Waals surface area contributed by atoms with Crippen LogP contribution in [0.25, 0.3) is 0 Å². The molecule has 98 valence electrons. The van der Waals surface area contributed by atoms with E-state index in [9.17, 15) is 0 Å². The Hall–Kier alpha value is -0.490. The molecule has 0 fully saturated rings. The smallest absolute Gasteiger partial charge is 0.136 e. The second kappa shape index (κ2) is 7.76. The van der Waals surface area contributed by atoms with Gasteiger partial charge in [-0.25, -0.2) is 0 Å². The standard InChI is InChI=1S/C11H16BrNO3.ClH/c1-15-10-5-11(16-2)9(12)4-7(10)3-8(13)6-14;/h4-5,8,14H,3,6,13H2,1-2H3;1H. The maximum absolute atomic E-state index is 8.93. The summed E-state index contributed by atoms with van der Waals surface area (Å²) >= 11 is 3.40. The van der Waals surface area contributed by atoms with E-state index in [-0.39, 0.29) is 25.1 Å². The average molecular weight is 327 g/mol. The van der Waals surface area contributed by atoms with Crippen molar-refractivity contribution in [1.82, 2.24) is 0 Å². The Labute approximate surface area is 116 Å². The van der Waals surface area contributed by atoms with Crippen LogP contribution in [-0.2, 0) is 6.42 Å². The quantitative estimate of drug-likeness (QED) is 0.865. The van der Waals surface area contributed by atoms with Crippen LogP contribution in [-0.4, -0.2) is 32.0 Å². The van der Waals surface area contributed by atoms with Crippen LogP contribution in [0, 0.1) is 0 Å². The minimum absolute atomic E-state index is 0. The van der Waals surface area contributed by atoms with Gasteiger partial charge in [0.25, 0.3) is 0 Å². The van der Waals surface area contributed by atoms with E-state index < -0.39 is 0 Å². The van der Waals surface area contributed by atoms with Crippen LogP contribution >= 0.6 is 28.3 Å². The molecule has 6 heteroatoms. The summed E-state index contributed by atoms with van der Waals surface area (Å²) in [6.07, 6.45) is 0.558. The number of hydrogen-bond acceptors (Lipinski definition) is 4. The number of ether oxygens (including phenoxy) is 2. The first kappa shape index (κ1) is 16.5. The fourth-order valence-corrected chi connectivity index (χ4v) is 1.98. The Balaban J connectivity index is 0.00000256. The molecule has 0 heterocycles. The molecule has 0 radical (unpaired) electrons. The molecular formula is C11H17BrClNO3. The van der Waals surface area contributed by atoms with Gasteiger partial charge in [0.15, 0.2) is 0 Å². The largest absolute Gasteiger partial charge is 0.496 e. The predicted octanol–water partition coefficient (Wildman–Crippen LogP) is 1.75. The van der Waals surface area contributed by atoms with Crippen molar-refractivity contribution in [3.8, 4) is 11.5 Å². The van der Waals surface area contributed by atoms with Crippen molar-refractivity contribution in [2.45, 2.75) is 12.5 Å². The number of nitrogens with two attached hydrogens (primary N) is 1. The molecule has 0 spiro atoms. The van der Waals surface area contributed by atoms with Gasteiger partial charge in [-0.2, -0.15) is 0 Å². The zero-order chi connectivity index (χ0) is 12.1. The summed E-state index contributed by atoms with van der Waals surface area (Å²) in [4.78, 5) is 0. The summed E-state index contributed by atoms with van der Waals surface area (Å²) in [7, 11) is 3.19. The third-order valence-electron chi connectivity index (χ3n) is 2.27. The molecule has 0 aromatic heterocycles. The molecule has 1 aromatic carbocycles. The third-order valence-corrected chi connectivity index (χ3v) is 2.89. The first-order valence-electron chi connectivity index (χ1n) is 4.89. The maximum Gasteiger partial charge on any atom is 0.136 e. The number of halogens is 2. The molecule has 0 amide bonds. The van der Waals surface area contributed by atoms with Crippen LogP contribution in [0.15, 0.2) is 16.6 Å². The Morgan fingerprint density at radius 2 is 1.88 bits per heavy atom. The van der Waals surface area contributed by atoms with Gasteiger partial charge in [0.1, 0.15) is 11.5 Å². The maximum atomic E-state index is 8.93. The number of aliphatic hydroxyl groups excluding tert-OH is 1. The van der Waals surface area contributed by atoms with Crippen molar-refractivity contribution < 1.29 is 14.6 Å². The van der Waals surface area contributed by atoms with Gasteiger partial charge in [0.2, 0.25) is 0 Å². The molecule has 0 saturated carbocycles. The number of hydrogen-bond donors (Lipinski definition) is 2. The fourth-order valence-electron chi connectivity index (χ4n) is 1.43. The van der Waals surface area contributed by atoms with Crippen LogP contribution in [0.1, 0.15) is 5.56 Å². The van der Waals surface area contributed by atoms with Gasteiger partial charge in [0.05, 0.1) is 25.3 Å². The zero-order valence-electron chi connectivity index (χ0n) is 9.77. The lowest BCUT2D eigenvalue weighted by Gasteiger charge is -2.14. The summed E-state index contributed by atoms with van der Waals surface area (Å²) < 4.78 is 11.3. The van der Waals surface area contributed by atoms with Crippen molar-refractivity contribution in [3.05, 3.63) is 22.2 Å². The first-order valence-corrected chi connectivity index (χ1v) is 5.68. The molecule has 1 unspecified atom stereocenters. The molecule has 0 aliphatic carbocycles. The summed E-state index contributed by atoms with van der Waals surface area (Å²) in [6.45, 7) is -0.0488. The van der Waals surface area contributed by atoms with E-state index in [0.29, 0.717) is 17.9 Å². The Kier molecular flexibility index (Phi) is 7.54. The van der Waals surface area contributed by atoms with Gasteiger partial charge in [0, 0.05) is 12.1 Å². The van der Waals surface area contributed by atoms with Crippen molar-refractivity contribution >= 4 is 28.3 Å². The lowest BCUT2D eigenvalue weighted by atomic mass is 10.1. The lowest BCUT2D eigenvalue weighted by Crippen LogP contribution is -2.27. The van der Waals surface area contributed by atoms with Gasteiger partial charge >= 0.3 is 0 Å². The van der Waals surface area contributed by atoms with Gasteiger partial charge < -0.3 is 20.3 Å². The minimum Gasteiger partial charge on any atom is -0.496 e. The first-order chi connectivity index (χ1) is 7.62. The zero-order valence-corrected chi connectivity index (χ0v) is 12.2. The molecule has 1 atom stereocenters. The van der Waals surface area contributed by atoms with Crippen molar-refractivity contribution in [1.29, 1.82) is 0 Å². The molecule has 3 N–H and O–H groups in total. The van der Waals surface area contributed by atoms with E-state index >= 15 is 0 Å². The van der Waals surface area contributed by atoms with Crippen molar-refractivity contribution in [2.75, 3.05) is 20.8 Å². The van der Waals surface area contributed by atoms with E-state index in [1.807, 2.05) is 6.07 Å². The van der Waals surface area contributed by atoms with Gasteiger partial charge in [-0.05, 0) is 34.0 Å². The molecule has 17 heavy (non-hydrogen) atoms. The Morgan fingerprint density at radius 1 is 1.29 bits per heavy atom. The molecule has 0 aliphatic rings.